The number of nitrogens with zero attached hydrogens (tertiary/aromatic N) is 9. The normalized spacial score (nSPS) is 12.6. The molecule has 5 rings (SSSR count). The van der Waals surface area contributed by atoms with Crippen LogP contribution in [0.2, 0.25) is 0 Å². The van der Waals surface area contributed by atoms with Crippen LogP contribution in [0.1, 0.15) is 36.6 Å². The average molecular weight is 526 g/mol. The van der Waals surface area contributed by atoms with Crippen molar-refractivity contribution in [3.05, 3.63) is 72.0 Å². The number of nitriles is 1. The lowest BCUT2D eigenvalue weighted by Gasteiger charge is -2.16. The number of anilines is 1. The number of nitrogens with two attached hydrogens (primary N) is 1. The molecular formula is C23H15F5N10. The Morgan fingerprint density at radius 3 is 2.50 bits per heavy atom. The highest BCUT2D eigenvalue weighted by Crippen LogP contribution is 2.40. The van der Waals surface area contributed by atoms with Crippen molar-refractivity contribution in [2.75, 3.05) is 5.73 Å². The molecule has 4 aromatic heterocycles. The number of benzene rings is 1. The fourth-order valence-corrected chi connectivity index (χ4v) is 4.19. The highest BCUT2D eigenvalue weighted by molar-refractivity contribution is 6.03. The van der Waals surface area contributed by atoms with Crippen LogP contribution >= 0.6 is 0 Å². The summed E-state index contributed by atoms with van der Waals surface area (Å²) in [7, 11) is 0. The van der Waals surface area contributed by atoms with Crippen molar-refractivity contribution >= 4 is 16.9 Å². The van der Waals surface area contributed by atoms with Crippen molar-refractivity contribution in [3.63, 3.8) is 0 Å². The van der Waals surface area contributed by atoms with Gasteiger partial charge in [-0.1, -0.05) is 18.2 Å². The zero-order valence-electron chi connectivity index (χ0n) is 19.3. The molecule has 0 fully saturated rings. The van der Waals surface area contributed by atoms with Gasteiger partial charge in [0.05, 0.1) is 17.6 Å². The highest BCUT2D eigenvalue weighted by atomic mass is 19.4. The summed E-state index contributed by atoms with van der Waals surface area (Å²) in [6.45, 7) is 1.78. The minimum absolute atomic E-state index is 0.0195. The molecule has 0 saturated carbocycles. The molecule has 5 aromatic rings. The quantitative estimate of drug-likeness (QED) is 0.336. The maximum atomic E-state index is 14.3. The maximum absolute atomic E-state index is 14.3. The van der Waals surface area contributed by atoms with Crippen molar-refractivity contribution in [1.82, 2.24) is 39.5 Å². The fraction of sp³-hybridized carbons (Fsp3) is 0.174. The molecule has 0 aliphatic rings. The van der Waals surface area contributed by atoms with Gasteiger partial charge in [-0.3, -0.25) is 0 Å². The van der Waals surface area contributed by atoms with Crippen LogP contribution in [0.25, 0.3) is 27.8 Å². The molecule has 15 heteroatoms. The van der Waals surface area contributed by atoms with Gasteiger partial charge in [0, 0.05) is 23.5 Å². The monoisotopic (exact) mass is 526 g/mol. The lowest BCUT2D eigenvalue weighted by atomic mass is 10.1. The Kier molecular flexibility index (Phi) is 5.94. The van der Waals surface area contributed by atoms with Crippen LogP contribution in [0, 0.1) is 23.0 Å². The van der Waals surface area contributed by atoms with Crippen LogP contribution in [0.15, 0.2) is 43.1 Å². The van der Waals surface area contributed by atoms with E-state index >= 15 is 0 Å². The Hall–Kier alpha value is -5.00. The minimum atomic E-state index is -4.76. The second-order valence-electron chi connectivity index (χ2n) is 8.04. The van der Waals surface area contributed by atoms with Crippen molar-refractivity contribution in [1.29, 1.82) is 5.26 Å². The zero-order valence-corrected chi connectivity index (χ0v) is 19.3. The van der Waals surface area contributed by atoms with E-state index in [1.807, 2.05) is 0 Å². The molecule has 192 valence electrons. The van der Waals surface area contributed by atoms with Gasteiger partial charge in [0.2, 0.25) is 5.82 Å². The summed E-state index contributed by atoms with van der Waals surface area (Å²) >= 11 is 0. The molecule has 0 aliphatic carbocycles. The van der Waals surface area contributed by atoms with Crippen LogP contribution in [0.4, 0.5) is 27.8 Å². The van der Waals surface area contributed by atoms with Crippen LogP contribution in [0.5, 0.6) is 0 Å². The third-order valence-corrected chi connectivity index (χ3v) is 5.84. The summed E-state index contributed by atoms with van der Waals surface area (Å²) in [5.41, 5.74) is 6.61. The van der Waals surface area contributed by atoms with Gasteiger partial charge in [-0.2, -0.15) is 18.4 Å². The fourth-order valence-electron chi connectivity index (χ4n) is 4.19. The van der Waals surface area contributed by atoms with Crippen LogP contribution in [-0.4, -0.2) is 39.5 Å². The first kappa shape index (κ1) is 24.7. The molecule has 2 N–H and O–H groups in total. The first-order valence-corrected chi connectivity index (χ1v) is 11.0. The number of fused-ring (bicyclic) bond motifs is 1. The van der Waals surface area contributed by atoms with Gasteiger partial charge < -0.3 is 10.3 Å². The van der Waals surface area contributed by atoms with Crippen LogP contribution < -0.4 is 5.73 Å². The molecule has 38 heavy (non-hydrogen) atoms. The highest BCUT2D eigenvalue weighted by Gasteiger charge is 2.35. The first-order chi connectivity index (χ1) is 18.2. The molecule has 0 bridgehead atoms. The standard InChI is InChI=1S/C23H15F5N10/c1-2-14(13-9-37(36-35-13)15-5-3-4-12(24)19(15)25)38-16(6-29)17(18-20(30)33-10-34-21(18)38)11-7-31-22(32-8-11)23(26,27)28/h3-5,7-10,14H,2H2,1H3,(H2,30,33,34). The number of alkyl halides is 3. The van der Waals surface area contributed by atoms with Gasteiger partial charge in [-0.15, -0.1) is 5.10 Å². The first-order valence-electron chi connectivity index (χ1n) is 11.0. The minimum Gasteiger partial charge on any atom is -0.383 e. The molecule has 0 saturated heterocycles. The molecule has 0 aliphatic heterocycles. The molecule has 0 radical (unpaired) electrons. The predicted molar refractivity (Wildman–Crippen MR) is 122 cm³/mol. The number of hydrogen-bond donors (Lipinski definition) is 1. The number of halogens is 5. The lowest BCUT2D eigenvalue weighted by Crippen LogP contribution is -2.13. The Morgan fingerprint density at radius 1 is 1.11 bits per heavy atom. The Morgan fingerprint density at radius 2 is 1.84 bits per heavy atom. The van der Waals surface area contributed by atoms with Crippen LogP contribution in [-0.2, 0) is 6.18 Å². The SMILES string of the molecule is CCC(c1cn(-c2cccc(F)c2F)nn1)n1c(C#N)c(-c2cnc(C(F)(F)F)nc2)c2c(N)ncnc21. The lowest BCUT2D eigenvalue weighted by molar-refractivity contribution is -0.144. The Labute approximate surface area is 210 Å². The third-order valence-electron chi connectivity index (χ3n) is 5.84. The zero-order chi connectivity index (χ0) is 27.2. The molecular weight excluding hydrogens is 511 g/mol. The van der Waals surface area contributed by atoms with E-state index in [0.717, 1.165) is 23.1 Å². The summed E-state index contributed by atoms with van der Waals surface area (Å²) in [5.74, 6) is -3.56. The summed E-state index contributed by atoms with van der Waals surface area (Å²) in [4.78, 5) is 15.0. The van der Waals surface area contributed by atoms with E-state index in [0.29, 0.717) is 6.42 Å². The summed E-state index contributed by atoms with van der Waals surface area (Å²) in [5, 5.41) is 18.4. The topological polar surface area (TPSA) is 137 Å². The smallest absolute Gasteiger partial charge is 0.383 e. The van der Waals surface area contributed by atoms with Gasteiger partial charge in [0.15, 0.2) is 11.6 Å². The molecule has 4 heterocycles. The average Bonchev–Trinajstić information content (AvgIpc) is 3.50. The summed E-state index contributed by atoms with van der Waals surface area (Å²) in [6.07, 6.45) is -0.000489. The molecule has 10 nitrogen and oxygen atoms in total. The van der Waals surface area contributed by atoms with Gasteiger partial charge in [-0.25, -0.2) is 33.4 Å². The third kappa shape index (κ3) is 3.95. The molecule has 1 unspecified atom stereocenters. The molecule has 1 atom stereocenters. The van der Waals surface area contributed by atoms with Crippen molar-refractivity contribution in [2.24, 2.45) is 0 Å². The number of nitrogen functional groups attached to an aromatic ring is 1. The molecule has 0 amide bonds. The van der Waals surface area contributed by atoms with Gasteiger partial charge in [0.1, 0.15) is 40.9 Å². The number of rotatable bonds is 5. The number of hydrogen-bond acceptors (Lipinski definition) is 8. The molecule has 0 spiro atoms. The van der Waals surface area contributed by atoms with Crippen molar-refractivity contribution < 1.29 is 22.0 Å². The van der Waals surface area contributed by atoms with Gasteiger partial charge in [-0.05, 0) is 18.6 Å². The molecule has 1 aromatic carbocycles. The summed E-state index contributed by atoms with van der Waals surface area (Å²) in [6, 6.07) is 4.95. The Bertz CT molecular complexity index is 1700. The van der Waals surface area contributed by atoms with Gasteiger partial charge >= 0.3 is 6.18 Å². The van der Waals surface area contributed by atoms with E-state index in [1.54, 1.807) is 6.92 Å². The van der Waals surface area contributed by atoms with E-state index in [9.17, 15) is 27.2 Å². The van der Waals surface area contributed by atoms with E-state index < -0.39 is 29.7 Å². The summed E-state index contributed by atoms with van der Waals surface area (Å²) < 4.78 is 69.7. The van der Waals surface area contributed by atoms with Crippen molar-refractivity contribution in [3.8, 4) is 22.9 Å². The van der Waals surface area contributed by atoms with E-state index in [1.165, 1.54) is 29.2 Å². The second kappa shape index (κ2) is 9.14. The number of aromatic nitrogens is 8. The van der Waals surface area contributed by atoms with E-state index in [2.05, 4.69) is 36.3 Å². The van der Waals surface area contributed by atoms with Crippen LogP contribution in [0.3, 0.4) is 0 Å². The van der Waals surface area contributed by atoms with Crippen molar-refractivity contribution in [2.45, 2.75) is 25.6 Å². The second-order valence-corrected chi connectivity index (χ2v) is 8.04. The van der Waals surface area contributed by atoms with E-state index in [4.69, 9.17) is 5.73 Å². The largest absolute Gasteiger partial charge is 0.451 e. The van der Waals surface area contributed by atoms with E-state index in [-0.39, 0.29) is 45.1 Å². The predicted octanol–water partition coefficient (Wildman–Crippen LogP) is 4.22. The van der Waals surface area contributed by atoms with Gasteiger partial charge in [0.25, 0.3) is 0 Å². The Balaban J connectivity index is 1.71. The maximum Gasteiger partial charge on any atom is 0.451 e.